The Hall–Kier alpha value is -2.57. The Morgan fingerprint density at radius 2 is 1.93 bits per heavy atom. The number of amides is 2. The molecule has 30 heavy (non-hydrogen) atoms. The highest BCUT2D eigenvalue weighted by Gasteiger charge is 2.29. The topological polar surface area (TPSA) is 54.0 Å². The Balaban J connectivity index is 1.26. The predicted molar refractivity (Wildman–Crippen MR) is 117 cm³/mol. The average molecular weight is 410 g/mol. The van der Waals surface area contributed by atoms with Crippen molar-refractivity contribution < 1.29 is 14.3 Å². The van der Waals surface area contributed by atoms with Crippen LogP contribution in [-0.4, -0.2) is 61.8 Å². The fourth-order valence-corrected chi connectivity index (χ4v) is 4.09. The first-order valence-corrected chi connectivity index (χ1v) is 10.8. The first kappa shape index (κ1) is 20.7. The fraction of sp³-hybridized carbons (Fsp3) is 0.458. The minimum Gasteiger partial charge on any atom is -0.493 e. The number of benzene rings is 2. The third-order valence-electron chi connectivity index (χ3n) is 5.78. The first-order chi connectivity index (χ1) is 14.7. The molecule has 4 rings (SSSR count). The minimum atomic E-state index is -0.00931. The molecule has 6 heteroatoms. The molecule has 2 aliphatic rings. The van der Waals surface area contributed by atoms with Crippen molar-refractivity contribution in [2.75, 3.05) is 46.0 Å². The van der Waals surface area contributed by atoms with Crippen LogP contribution in [0.5, 0.6) is 5.75 Å². The molecule has 1 N–H and O–H groups in total. The molecule has 2 aliphatic heterocycles. The molecular formula is C24H31N3O3. The molecule has 0 bridgehead atoms. The molecule has 2 aromatic carbocycles. The largest absolute Gasteiger partial charge is 0.493 e. The van der Waals surface area contributed by atoms with Gasteiger partial charge in [-0.2, -0.15) is 0 Å². The van der Waals surface area contributed by atoms with Gasteiger partial charge in [-0.1, -0.05) is 42.5 Å². The summed E-state index contributed by atoms with van der Waals surface area (Å²) in [7, 11) is 0. The van der Waals surface area contributed by atoms with Gasteiger partial charge in [0, 0.05) is 32.7 Å². The Morgan fingerprint density at radius 1 is 1.13 bits per heavy atom. The second kappa shape index (κ2) is 9.96. The zero-order valence-corrected chi connectivity index (χ0v) is 17.7. The highest BCUT2D eigenvalue weighted by atomic mass is 16.5. The normalized spacial score (nSPS) is 19.7. The number of carbonyl (C=O) groups is 1. The molecule has 2 heterocycles. The van der Waals surface area contributed by atoms with Crippen molar-refractivity contribution in [1.82, 2.24) is 15.1 Å². The second-order valence-corrected chi connectivity index (χ2v) is 8.05. The quantitative estimate of drug-likeness (QED) is 0.680. The number of hydrogen-bond donors (Lipinski definition) is 1. The summed E-state index contributed by atoms with van der Waals surface area (Å²) in [6.07, 6.45) is 1.01. The molecular weight excluding hydrogens is 378 g/mol. The molecule has 160 valence electrons. The van der Waals surface area contributed by atoms with E-state index in [1.165, 1.54) is 0 Å². The molecule has 2 amide bonds. The Morgan fingerprint density at radius 3 is 2.70 bits per heavy atom. The van der Waals surface area contributed by atoms with Crippen LogP contribution >= 0.6 is 0 Å². The standard InChI is InChI=1S/C24H31N3O3/c1-19-16-20(8-9-23(19)30-13-5-10-26-11-14-29-15-12-26)17-27-18-22(25-24(27)28)21-6-3-2-4-7-21/h2-4,6-9,16,22H,5,10-15,17-18H2,1H3,(H,25,28)/t22-/m1/s1. The SMILES string of the molecule is Cc1cc(CN2C[C@H](c3ccccc3)NC2=O)ccc1OCCCN1CCOCC1. The first-order valence-electron chi connectivity index (χ1n) is 10.8. The fourth-order valence-electron chi connectivity index (χ4n) is 4.09. The van der Waals surface area contributed by atoms with Crippen molar-refractivity contribution in [2.45, 2.75) is 25.9 Å². The van der Waals surface area contributed by atoms with E-state index in [4.69, 9.17) is 9.47 Å². The number of carbonyl (C=O) groups excluding carboxylic acids is 1. The van der Waals surface area contributed by atoms with Gasteiger partial charge in [0.25, 0.3) is 0 Å². The van der Waals surface area contributed by atoms with Crippen LogP contribution in [0.4, 0.5) is 4.79 Å². The number of aryl methyl sites for hydroxylation is 1. The molecule has 0 saturated carbocycles. The summed E-state index contributed by atoms with van der Waals surface area (Å²) in [6, 6.07) is 16.4. The molecule has 2 fully saturated rings. The summed E-state index contributed by atoms with van der Waals surface area (Å²) in [5, 5.41) is 3.08. The lowest BCUT2D eigenvalue weighted by Crippen LogP contribution is -2.37. The van der Waals surface area contributed by atoms with E-state index in [0.29, 0.717) is 19.7 Å². The molecule has 0 aliphatic carbocycles. The molecule has 6 nitrogen and oxygen atoms in total. The molecule has 1 atom stereocenters. The van der Waals surface area contributed by atoms with E-state index in [2.05, 4.69) is 41.4 Å². The lowest BCUT2D eigenvalue weighted by Gasteiger charge is -2.26. The minimum absolute atomic E-state index is 0.00931. The van der Waals surface area contributed by atoms with E-state index in [9.17, 15) is 4.79 Å². The van der Waals surface area contributed by atoms with Crippen molar-refractivity contribution in [2.24, 2.45) is 0 Å². The third-order valence-corrected chi connectivity index (χ3v) is 5.78. The van der Waals surface area contributed by atoms with Crippen LogP contribution in [0.2, 0.25) is 0 Å². The maximum Gasteiger partial charge on any atom is 0.318 e. The number of nitrogens with zero attached hydrogens (tertiary/aromatic N) is 2. The molecule has 2 aromatic rings. The maximum absolute atomic E-state index is 12.4. The lowest BCUT2D eigenvalue weighted by atomic mass is 10.1. The number of morpholine rings is 1. The van der Waals surface area contributed by atoms with E-state index < -0.39 is 0 Å². The van der Waals surface area contributed by atoms with E-state index in [1.807, 2.05) is 29.2 Å². The van der Waals surface area contributed by atoms with E-state index in [-0.39, 0.29) is 12.1 Å². The smallest absolute Gasteiger partial charge is 0.318 e. The van der Waals surface area contributed by atoms with Gasteiger partial charge in [-0.3, -0.25) is 4.90 Å². The van der Waals surface area contributed by atoms with Gasteiger partial charge in [0.1, 0.15) is 5.75 Å². The van der Waals surface area contributed by atoms with Crippen molar-refractivity contribution in [3.05, 3.63) is 65.2 Å². The van der Waals surface area contributed by atoms with Crippen LogP contribution in [0, 0.1) is 6.92 Å². The summed E-state index contributed by atoms with van der Waals surface area (Å²) >= 11 is 0. The van der Waals surface area contributed by atoms with Gasteiger partial charge in [-0.15, -0.1) is 0 Å². The van der Waals surface area contributed by atoms with Gasteiger partial charge in [0.2, 0.25) is 0 Å². The summed E-state index contributed by atoms with van der Waals surface area (Å²) in [4.78, 5) is 16.7. The third kappa shape index (κ3) is 5.32. The van der Waals surface area contributed by atoms with Gasteiger partial charge < -0.3 is 19.7 Å². The number of nitrogens with one attached hydrogen (secondary N) is 1. The predicted octanol–water partition coefficient (Wildman–Crippen LogP) is 3.36. The van der Waals surface area contributed by atoms with Crippen molar-refractivity contribution in [1.29, 1.82) is 0 Å². The lowest BCUT2D eigenvalue weighted by molar-refractivity contribution is 0.0358. The van der Waals surface area contributed by atoms with Gasteiger partial charge >= 0.3 is 6.03 Å². The zero-order chi connectivity index (χ0) is 20.8. The summed E-state index contributed by atoms with van der Waals surface area (Å²) < 4.78 is 11.4. The molecule has 0 radical (unpaired) electrons. The summed E-state index contributed by atoms with van der Waals surface area (Å²) in [5.41, 5.74) is 3.38. The molecule has 0 spiro atoms. The summed E-state index contributed by atoms with van der Waals surface area (Å²) in [5.74, 6) is 0.925. The number of rotatable bonds is 8. The van der Waals surface area contributed by atoms with Gasteiger partial charge in [0.15, 0.2) is 0 Å². The summed E-state index contributed by atoms with van der Waals surface area (Å²) in [6.45, 7) is 8.82. The molecule has 2 saturated heterocycles. The average Bonchev–Trinajstić information content (AvgIpc) is 3.14. The number of urea groups is 1. The molecule has 0 unspecified atom stereocenters. The maximum atomic E-state index is 12.4. The second-order valence-electron chi connectivity index (χ2n) is 8.05. The monoisotopic (exact) mass is 409 g/mol. The van der Waals surface area contributed by atoms with Crippen molar-refractivity contribution in [3.8, 4) is 5.75 Å². The number of hydrogen-bond acceptors (Lipinski definition) is 4. The van der Waals surface area contributed by atoms with Crippen LogP contribution in [-0.2, 0) is 11.3 Å². The van der Waals surface area contributed by atoms with Crippen LogP contribution in [0.25, 0.3) is 0 Å². The Bertz CT molecular complexity index is 837. The van der Waals surface area contributed by atoms with Gasteiger partial charge in [-0.25, -0.2) is 4.79 Å². The van der Waals surface area contributed by atoms with E-state index >= 15 is 0 Å². The highest BCUT2D eigenvalue weighted by Crippen LogP contribution is 2.24. The van der Waals surface area contributed by atoms with E-state index in [0.717, 1.165) is 61.7 Å². The van der Waals surface area contributed by atoms with Crippen LogP contribution in [0.1, 0.15) is 29.2 Å². The van der Waals surface area contributed by atoms with Crippen molar-refractivity contribution in [3.63, 3.8) is 0 Å². The number of ether oxygens (including phenoxy) is 2. The Labute approximate surface area is 178 Å². The van der Waals surface area contributed by atoms with Crippen LogP contribution in [0.3, 0.4) is 0 Å². The van der Waals surface area contributed by atoms with Crippen molar-refractivity contribution >= 4 is 6.03 Å². The highest BCUT2D eigenvalue weighted by molar-refractivity contribution is 5.77. The van der Waals surface area contributed by atoms with Gasteiger partial charge in [0.05, 0.1) is 25.9 Å². The van der Waals surface area contributed by atoms with Crippen LogP contribution < -0.4 is 10.1 Å². The Kier molecular flexibility index (Phi) is 6.87. The van der Waals surface area contributed by atoms with Gasteiger partial charge in [-0.05, 0) is 36.1 Å². The zero-order valence-electron chi connectivity index (χ0n) is 17.7. The van der Waals surface area contributed by atoms with E-state index in [1.54, 1.807) is 0 Å². The van der Waals surface area contributed by atoms with Crippen LogP contribution in [0.15, 0.2) is 48.5 Å². The molecule has 0 aromatic heterocycles.